The van der Waals surface area contributed by atoms with Crippen molar-refractivity contribution < 1.29 is 19.1 Å². The van der Waals surface area contributed by atoms with Crippen molar-refractivity contribution in [2.75, 3.05) is 11.9 Å². The molecule has 0 aliphatic carbocycles. The molecule has 7 nitrogen and oxygen atoms in total. The summed E-state index contributed by atoms with van der Waals surface area (Å²) in [5.74, 6) is -0.874. The molecule has 0 aliphatic rings. The molecule has 0 heterocycles. The number of hydrazine groups is 1. The van der Waals surface area contributed by atoms with Crippen molar-refractivity contribution in [3.8, 4) is 5.75 Å². The molecular weight excluding hydrogens is 578 g/mol. The van der Waals surface area contributed by atoms with Crippen LogP contribution < -0.4 is 20.9 Å². The molecule has 3 aromatic carbocycles. The Morgan fingerprint density at radius 3 is 2.45 bits per heavy atom. The number of benzene rings is 3. The van der Waals surface area contributed by atoms with Gasteiger partial charge in [-0.2, -0.15) is 0 Å². The first-order chi connectivity index (χ1) is 15.7. The third kappa shape index (κ3) is 6.93. The average Bonchev–Trinajstić information content (AvgIpc) is 2.78. The van der Waals surface area contributed by atoms with E-state index in [0.29, 0.717) is 16.5 Å². The first-order valence-corrected chi connectivity index (χ1v) is 11.8. The Kier molecular flexibility index (Phi) is 8.71. The summed E-state index contributed by atoms with van der Waals surface area (Å²) >= 11 is 13.0. The molecule has 172 valence electrons. The number of halogens is 3. The van der Waals surface area contributed by atoms with Gasteiger partial charge in [0, 0.05) is 28.0 Å². The van der Waals surface area contributed by atoms with Crippen LogP contribution in [-0.2, 0) is 14.4 Å². The van der Waals surface area contributed by atoms with E-state index in [1.165, 1.54) is 0 Å². The number of hydrogen-bond donors (Lipinski definition) is 3. The van der Waals surface area contributed by atoms with Gasteiger partial charge in [-0.3, -0.25) is 25.2 Å². The largest absolute Gasteiger partial charge is 0.483 e. The summed E-state index contributed by atoms with van der Waals surface area (Å²) in [6.07, 6.45) is -0.150. The van der Waals surface area contributed by atoms with Crippen LogP contribution in [0.4, 0.5) is 5.69 Å². The Balaban J connectivity index is 1.41. The van der Waals surface area contributed by atoms with Crippen molar-refractivity contribution in [3.05, 3.63) is 68.1 Å². The summed E-state index contributed by atoms with van der Waals surface area (Å²) in [5, 5.41) is 5.20. The van der Waals surface area contributed by atoms with E-state index in [4.69, 9.17) is 16.3 Å². The second kappa shape index (κ2) is 11.5. The number of amides is 3. The number of anilines is 1. The van der Waals surface area contributed by atoms with Gasteiger partial charge in [0.15, 0.2) is 6.61 Å². The Morgan fingerprint density at radius 2 is 1.67 bits per heavy atom. The molecule has 3 N–H and O–H groups in total. The standard InChI is InChI=1S/C23H20Br2ClN3O4/c1-13-17(26)3-2-4-18(13)27-20(30)9-10-21(31)28-29-22(32)12-33-19-8-5-14-11-15(24)6-7-16(14)23(19)25/h2-8,11H,9-10,12H2,1H3,(H,27,30)(H,28,31)(H,29,32). The lowest BCUT2D eigenvalue weighted by Gasteiger charge is -2.12. The summed E-state index contributed by atoms with van der Waals surface area (Å²) in [5.41, 5.74) is 5.88. The maximum absolute atomic E-state index is 12.1. The van der Waals surface area contributed by atoms with Crippen molar-refractivity contribution in [1.29, 1.82) is 0 Å². The lowest BCUT2D eigenvalue weighted by Crippen LogP contribution is -2.44. The second-order valence-electron chi connectivity index (χ2n) is 7.09. The van der Waals surface area contributed by atoms with Gasteiger partial charge in [-0.25, -0.2) is 0 Å². The first-order valence-electron chi connectivity index (χ1n) is 9.88. The smallest absolute Gasteiger partial charge is 0.276 e. The van der Waals surface area contributed by atoms with Gasteiger partial charge < -0.3 is 10.1 Å². The zero-order valence-electron chi connectivity index (χ0n) is 17.5. The SMILES string of the molecule is Cc1c(Cl)cccc1NC(=O)CCC(=O)NNC(=O)COc1ccc2cc(Br)ccc2c1Br. The number of rotatable bonds is 7. The molecule has 0 saturated heterocycles. The van der Waals surface area contributed by atoms with E-state index in [0.717, 1.165) is 25.3 Å². The van der Waals surface area contributed by atoms with E-state index in [2.05, 4.69) is 48.0 Å². The topological polar surface area (TPSA) is 96.5 Å². The van der Waals surface area contributed by atoms with E-state index >= 15 is 0 Å². The van der Waals surface area contributed by atoms with Crippen LogP contribution in [0.25, 0.3) is 10.8 Å². The van der Waals surface area contributed by atoms with Gasteiger partial charge in [0.25, 0.3) is 5.91 Å². The van der Waals surface area contributed by atoms with Gasteiger partial charge in [0.1, 0.15) is 5.75 Å². The van der Waals surface area contributed by atoms with E-state index in [1.54, 1.807) is 31.2 Å². The lowest BCUT2D eigenvalue weighted by atomic mass is 10.1. The summed E-state index contributed by atoms with van der Waals surface area (Å²) in [6.45, 7) is 1.49. The minimum Gasteiger partial charge on any atom is -0.483 e. The highest BCUT2D eigenvalue weighted by Gasteiger charge is 2.12. The molecule has 3 rings (SSSR count). The molecule has 0 saturated carbocycles. The Labute approximate surface area is 212 Å². The third-order valence-electron chi connectivity index (χ3n) is 4.70. The monoisotopic (exact) mass is 595 g/mol. The lowest BCUT2D eigenvalue weighted by molar-refractivity contribution is -0.130. The quantitative estimate of drug-likeness (QED) is 0.324. The van der Waals surface area contributed by atoms with Gasteiger partial charge in [-0.1, -0.05) is 45.7 Å². The van der Waals surface area contributed by atoms with E-state index in [9.17, 15) is 14.4 Å². The summed E-state index contributed by atoms with van der Waals surface area (Å²) in [7, 11) is 0. The van der Waals surface area contributed by atoms with Gasteiger partial charge in [-0.05, 0) is 69.5 Å². The van der Waals surface area contributed by atoms with Crippen LogP contribution in [0.15, 0.2) is 57.5 Å². The molecule has 3 amide bonds. The fourth-order valence-electron chi connectivity index (χ4n) is 2.92. The van der Waals surface area contributed by atoms with E-state index < -0.39 is 11.8 Å². The van der Waals surface area contributed by atoms with Crippen molar-refractivity contribution in [2.24, 2.45) is 0 Å². The minimum atomic E-state index is -0.537. The van der Waals surface area contributed by atoms with Crippen LogP contribution in [-0.4, -0.2) is 24.3 Å². The highest BCUT2D eigenvalue weighted by molar-refractivity contribution is 9.11. The molecule has 0 aromatic heterocycles. The van der Waals surface area contributed by atoms with Gasteiger partial charge in [0.2, 0.25) is 11.8 Å². The number of carbonyl (C=O) groups is 3. The molecule has 0 atom stereocenters. The molecule has 33 heavy (non-hydrogen) atoms. The van der Waals surface area contributed by atoms with Crippen molar-refractivity contribution in [1.82, 2.24) is 10.9 Å². The summed E-state index contributed by atoms with van der Waals surface area (Å²) < 4.78 is 7.25. The molecule has 0 bridgehead atoms. The zero-order valence-corrected chi connectivity index (χ0v) is 21.4. The van der Waals surface area contributed by atoms with Crippen LogP contribution in [0.3, 0.4) is 0 Å². The molecule has 10 heteroatoms. The van der Waals surface area contributed by atoms with Crippen molar-refractivity contribution in [3.63, 3.8) is 0 Å². The number of nitrogens with one attached hydrogen (secondary N) is 3. The minimum absolute atomic E-state index is 0.0513. The Hall–Kier alpha value is -2.62. The van der Waals surface area contributed by atoms with Gasteiger partial charge in [0.05, 0.1) is 4.47 Å². The molecule has 0 aliphatic heterocycles. The number of ether oxygens (including phenoxy) is 1. The number of fused-ring (bicyclic) bond motifs is 1. The van der Waals surface area contributed by atoms with E-state index in [-0.39, 0.29) is 25.4 Å². The fraction of sp³-hybridized carbons (Fsp3) is 0.174. The summed E-state index contributed by atoms with van der Waals surface area (Å²) in [4.78, 5) is 36.0. The Morgan fingerprint density at radius 1 is 0.939 bits per heavy atom. The predicted molar refractivity (Wildman–Crippen MR) is 135 cm³/mol. The van der Waals surface area contributed by atoms with E-state index in [1.807, 2.05) is 24.3 Å². The van der Waals surface area contributed by atoms with Gasteiger partial charge >= 0.3 is 0 Å². The van der Waals surface area contributed by atoms with Crippen molar-refractivity contribution in [2.45, 2.75) is 19.8 Å². The normalized spacial score (nSPS) is 10.5. The maximum Gasteiger partial charge on any atom is 0.276 e. The highest BCUT2D eigenvalue weighted by Crippen LogP contribution is 2.34. The van der Waals surface area contributed by atoms with Crippen LogP contribution >= 0.6 is 43.5 Å². The van der Waals surface area contributed by atoms with Gasteiger partial charge in [-0.15, -0.1) is 0 Å². The predicted octanol–water partition coefficient (Wildman–Crippen LogP) is 5.27. The molecule has 0 fully saturated rings. The first kappa shape index (κ1) is 25.0. The zero-order chi connectivity index (χ0) is 24.0. The second-order valence-corrected chi connectivity index (χ2v) is 9.20. The molecule has 3 aromatic rings. The van der Waals surface area contributed by atoms with Crippen LogP contribution in [0.2, 0.25) is 5.02 Å². The molecule has 0 unspecified atom stereocenters. The van der Waals surface area contributed by atoms with Crippen LogP contribution in [0, 0.1) is 6.92 Å². The highest BCUT2D eigenvalue weighted by atomic mass is 79.9. The molecular formula is C23H20Br2ClN3O4. The Bertz CT molecular complexity index is 1220. The number of hydrogen-bond acceptors (Lipinski definition) is 4. The fourth-order valence-corrected chi connectivity index (χ4v) is 4.08. The average molecular weight is 598 g/mol. The third-order valence-corrected chi connectivity index (χ3v) is 6.42. The van der Waals surface area contributed by atoms with Crippen molar-refractivity contribution >= 4 is 77.6 Å². The maximum atomic E-state index is 12.1. The number of carbonyl (C=O) groups excluding carboxylic acids is 3. The summed E-state index contributed by atoms with van der Waals surface area (Å²) in [6, 6.07) is 14.6. The molecule has 0 radical (unpaired) electrons. The van der Waals surface area contributed by atoms with Crippen LogP contribution in [0.1, 0.15) is 18.4 Å². The molecule has 0 spiro atoms. The van der Waals surface area contributed by atoms with Crippen LogP contribution in [0.5, 0.6) is 5.75 Å².